The van der Waals surface area contributed by atoms with E-state index in [2.05, 4.69) is 6.92 Å². The van der Waals surface area contributed by atoms with Gasteiger partial charge in [-0.15, -0.1) is 0 Å². The third-order valence-corrected chi connectivity index (χ3v) is 10.2. The molecule has 2 heterocycles. The number of esters is 2. The molecular weight excluding hydrogens is 452 g/mol. The third kappa shape index (κ3) is 3.14. The molecule has 8 nitrogen and oxygen atoms in total. The van der Waals surface area contributed by atoms with Gasteiger partial charge in [-0.1, -0.05) is 6.92 Å². The van der Waals surface area contributed by atoms with Crippen molar-refractivity contribution in [3.8, 4) is 0 Å². The second kappa shape index (κ2) is 7.65. The van der Waals surface area contributed by atoms with Gasteiger partial charge >= 0.3 is 17.6 Å². The number of rotatable bonds is 3. The normalized spacial score (nSPS) is 47.5. The maximum atomic E-state index is 12.1. The van der Waals surface area contributed by atoms with Gasteiger partial charge in [0.05, 0.1) is 11.9 Å². The van der Waals surface area contributed by atoms with Crippen LogP contribution in [0, 0.1) is 23.2 Å². The first kappa shape index (κ1) is 23.2. The lowest BCUT2D eigenvalue weighted by molar-refractivity contribution is -0.201. The van der Waals surface area contributed by atoms with Crippen LogP contribution in [0.15, 0.2) is 27.6 Å². The van der Waals surface area contributed by atoms with E-state index in [1.54, 1.807) is 6.07 Å². The highest BCUT2D eigenvalue weighted by Crippen LogP contribution is 2.77. The molecule has 1 spiro atoms. The second-order valence-electron chi connectivity index (χ2n) is 11.7. The summed E-state index contributed by atoms with van der Waals surface area (Å²) in [6.45, 7) is 5.08. The quantitative estimate of drug-likeness (QED) is 0.512. The zero-order valence-electron chi connectivity index (χ0n) is 20.5. The van der Waals surface area contributed by atoms with Gasteiger partial charge in [0.25, 0.3) is 0 Å². The molecule has 190 valence electrons. The van der Waals surface area contributed by atoms with Crippen LogP contribution in [0.4, 0.5) is 0 Å². The summed E-state index contributed by atoms with van der Waals surface area (Å²) in [5.41, 5.74) is -1.17. The number of carbonyl (C=O) groups is 2. The van der Waals surface area contributed by atoms with Crippen molar-refractivity contribution in [2.24, 2.45) is 23.2 Å². The highest BCUT2D eigenvalue weighted by atomic mass is 16.7. The summed E-state index contributed by atoms with van der Waals surface area (Å²) in [4.78, 5) is 35.2. The minimum atomic E-state index is -0.805. The number of ether oxygens (including phenoxy) is 3. The highest BCUT2D eigenvalue weighted by molar-refractivity contribution is 5.67. The van der Waals surface area contributed by atoms with Gasteiger partial charge in [0.1, 0.15) is 23.9 Å². The number of carbonyl (C=O) groups excluding carboxylic acids is 2. The lowest BCUT2D eigenvalue weighted by atomic mass is 9.47. The number of hydrogen-bond acceptors (Lipinski definition) is 8. The van der Waals surface area contributed by atoms with Crippen molar-refractivity contribution < 1.29 is 33.3 Å². The first-order valence-electron chi connectivity index (χ1n) is 12.9. The first-order chi connectivity index (χ1) is 16.6. The van der Waals surface area contributed by atoms with E-state index in [0.29, 0.717) is 19.3 Å². The Hall–Kier alpha value is -2.19. The van der Waals surface area contributed by atoms with Gasteiger partial charge in [-0.05, 0) is 74.3 Å². The SMILES string of the molecule is CC(=O)OC1CCC2(O)C(CCC3C2CCC2(C)C(c4ccc(=O)oc4)C(OC(C)=O)C4OC342)C1. The number of fused-ring (bicyclic) bond motifs is 3. The van der Waals surface area contributed by atoms with Gasteiger partial charge < -0.3 is 23.7 Å². The summed E-state index contributed by atoms with van der Waals surface area (Å²) in [6, 6.07) is 3.20. The lowest BCUT2D eigenvalue weighted by Crippen LogP contribution is -2.62. The summed E-state index contributed by atoms with van der Waals surface area (Å²) in [5.74, 6) is -0.430. The maximum absolute atomic E-state index is 12.1. The molecule has 0 aromatic carbocycles. The van der Waals surface area contributed by atoms with Crippen LogP contribution in [0.3, 0.4) is 0 Å². The summed E-state index contributed by atoms with van der Waals surface area (Å²) in [7, 11) is 0. The zero-order valence-corrected chi connectivity index (χ0v) is 20.5. The van der Waals surface area contributed by atoms with E-state index >= 15 is 0 Å². The summed E-state index contributed by atoms with van der Waals surface area (Å²) >= 11 is 0. The van der Waals surface area contributed by atoms with Crippen molar-refractivity contribution in [3.05, 3.63) is 34.4 Å². The number of epoxide rings is 1. The molecule has 5 aliphatic rings. The van der Waals surface area contributed by atoms with Crippen molar-refractivity contribution in [1.82, 2.24) is 0 Å². The Balaban J connectivity index is 1.34. The van der Waals surface area contributed by atoms with Gasteiger partial charge in [0.2, 0.25) is 0 Å². The van der Waals surface area contributed by atoms with Gasteiger partial charge in [-0.25, -0.2) is 4.79 Å². The standard InChI is InChI=1S/C27H34O8/c1-14(28)33-18-8-11-26(31)17(12-18)5-6-20-19(26)9-10-25(3)22(16-4-7-21(30)32-13-16)23(34-15(2)29)24-27(20,25)35-24/h4,7,13,17-20,22-24,31H,5-6,8-12H2,1-3H3. The number of aliphatic hydroxyl groups is 1. The van der Waals surface area contributed by atoms with Crippen molar-refractivity contribution in [1.29, 1.82) is 0 Å². The largest absolute Gasteiger partial charge is 0.463 e. The topological polar surface area (TPSA) is 116 Å². The molecule has 10 unspecified atom stereocenters. The van der Waals surface area contributed by atoms with Crippen LogP contribution in [0.2, 0.25) is 0 Å². The van der Waals surface area contributed by atoms with E-state index in [9.17, 15) is 19.5 Å². The molecule has 10 atom stereocenters. The Labute approximate surface area is 204 Å². The molecule has 1 aromatic rings. The van der Waals surface area contributed by atoms with Crippen LogP contribution in [0.1, 0.15) is 77.2 Å². The van der Waals surface area contributed by atoms with Gasteiger partial charge in [-0.2, -0.15) is 0 Å². The fourth-order valence-electron chi connectivity index (χ4n) is 9.01. The third-order valence-electron chi connectivity index (χ3n) is 10.2. The van der Waals surface area contributed by atoms with E-state index < -0.39 is 22.9 Å². The monoisotopic (exact) mass is 486 g/mol. The minimum Gasteiger partial charge on any atom is -0.463 e. The van der Waals surface area contributed by atoms with Crippen LogP contribution >= 0.6 is 0 Å². The van der Waals surface area contributed by atoms with Crippen molar-refractivity contribution in [2.45, 2.75) is 101 Å². The fourth-order valence-corrected chi connectivity index (χ4v) is 9.01. The zero-order chi connectivity index (χ0) is 24.8. The van der Waals surface area contributed by atoms with E-state index in [4.69, 9.17) is 18.6 Å². The lowest BCUT2D eigenvalue weighted by Gasteiger charge is -2.59. The van der Waals surface area contributed by atoms with Crippen LogP contribution in [0.25, 0.3) is 0 Å². The molecule has 8 heteroatoms. The van der Waals surface area contributed by atoms with E-state index in [1.165, 1.54) is 26.2 Å². The Morgan fingerprint density at radius 2 is 1.80 bits per heavy atom. The molecule has 0 radical (unpaired) electrons. The molecule has 5 fully saturated rings. The molecule has 1 aromatic heterocycles. The molecule has 6 rings (SSSR count). The fraction of sp³-hybridized carbons (Fsp3) is 0.741. The number of hydrogen-bond donors (Lipinski definition) is 1. The Bertz CT molecular complexity index is 1090. The van der Waals surface area contributed by atoms with E-state index in [1.807, 2.05) is 0 Å². The summed E-state index contributed by atoms with van der Waals surface area (Å²) < 4.78 is 23.2. The van der Waals surface area contributed by atoms with Crippen molar-refractivity contribution >= 4 is 11.9 Å². The Morgan fingerprint density at radius 1 is 1.03 bits per heavy atom. The first-order valence-corrected chi connectivity index (χ1v) is 12.9. The smallest absolute Gasteiger partial charge is 0.335 e. The van der Waals surface area contributed by atoms with E-state index in [-0.39, 0.29) is 53.2 Å². The molecule has 1 saturated heterocycles. The highest BCUT2D eigenvalue weighted by Gasteiger charge is 2.85. The predicted octanol–water partition coefficient (Wildman–Crippen LogP) is 3.10. The minimum absolute atomic E-state index is 0.0861. The average Bonchev–Trinajstić information content (AvgIpc) is 3.49. The van der Waals surface area contributed by atoms with Gasteiger partial charge in [-0.3, -0.25) is 9.59 Å². The second-order valence-corrected chi connectivity index (χ2v) is 11.7. The maximum Gasteiger partial charge on any atom is 0.335 e. The van der Waals surface area contributed by atoms with E-state index in [0.717, 1.165) is 31.2 Å². The molecule has 4 saturated carbocycles. The predicted molar refractivity (Wildman–Crippen MR) is 122 cm³/mol. The van der Waals surface area contributed by atoms with Crippen LogP contribution in [0.5, 0.6) is 0 Å². The Kier molecular flexibility index (Phi) is 5.08. The average molecular weight is 487 g/mol. The molecule has 1 N–H and O–H groups in total. The van der Waals surface area contributed by atoms with Gasteiger partial charge in [0.15, 0.2) is 0 Å². The van der Waals surface area contributed by atoms with Gasteiger partial charge in [0, 0.05) is 31.2 Å². The summed E-state index contributed by atoms with van der Waals surface area (Å²) in [6.07, 6.45) is 6.11. The molecular formula is C27H34O8. The van der Waals surface area contributed by atoms with Crippen molar-refractivity contribution in [3.63, 3.8) is 0 Å². The van der Waals surface area contributed by atoms with Crippen LogP contribution in [-0.2, 0) is 23.8 Å². The van der Waals surface area contributed by atoms with Crippen molar-refractivity contribution in [2.75, 3.05) is 0 Å². The molecule has 0 amide bonds. The summed E-state index contributed by atoms with van der Waals surface area (Å²) in [5, 5.41) is 12.1. The molecule has 4 aliphatic carbocycles. The molecule has 1 aliphatic heterocycles. The molecule has 35 heavy (non-hydrogen) atoms. The van der Waals surface area contributed by atoms with Crippen LogP contribution in [-0.4, -0.2) is 46.6 Å². The van der Waals surface area contributed by atoms with Crippen LogP contribution < -0.4 is 5.63 Å². The Morgan fingerprint density at radius 3 is 2.49 bits per heavy atom. The molecule has 0 bridgehead atoms.